The van der Waals surface area contributed by atoms with Gasteiger partial charge in [0.1, 0.15) is 0 Å². The molecule has 0 saturated carbocycles. The Kier molecular flexibility index (Phi) is 7.89. The molecule has 0 aromatic heterocycles. The van der Waals surface area contributed by atoms with Crippen molar-refractivity contribution in [1.82, 2.24) is 10.2 Å². The summed E-state index contributed by atoms with van der Waals surface area (Å²) in [5.74, 6) is 1.13. The summed E-state index contributed by atoms with van der Waals surface area (Å²) in [6, 6.07) is 11.1. The molecule has 1 aliphatic heterocycles. The number of carbonyl (C=O) groups excluding carboxylic acids is 2. The molecule has 0 spiro atoms. The zero-order valence-electron chi connectivity index (χ0n) is 18.4. The van der Waals surface area contributed by atoms with Gasteiger partial charge in [-0.3, -0.25) is 9.69 Å². The highest BCUT2D eigenvalue weighted by atomic mass is 16.5. The molecule has 1 amide bonds. The largest absolute Gasteiger partial charge is 0.490 e. The Morgan fingerprint density at radius 1 is 1.00 bits per heavy atom. The number of nitrogens with one attached hydrogen (secondary N) is 1. The van der Waals surface area contributed by atoms with Crippen LogP contribution in [0.1, 0.15) is 40.9 Å². The van der Waals surface area contributed by atoms with E-state index in [9.17, 15) is 9.59 Å². The monoisotopic (exact) mass is 426 g/mol. The van der Waals surface area contributed by atoms with Gasteiger partial charge in [0.05, 0.1) is 32.4 Å². The van der Waals surface area contributed by atoms with Gasteiger partial charge in [0.15, 0.2) is 11.5 Å². The second-order valence-corrected chi connectivity index (χ2v) is 7.36. The van der Waals surface area contributed by atoms with E-state index < -0.39 is 0 Å². The fourth-order valence-corrected chi connectivity index (χ4v) is 3.63. The van der Waals surface area contributed by atoms with Gasteiger partial charge in [-0.2, -0.15) is 0 Å². The Balaban J connectivity index is 1.55. The molecular formula is C24H30N2O5. The first-order valence-corrected chi connectivity index (χ1v) is 10.6. The molecule has 166 valence electrons. The molecule has 7 nitrogen and oxygen atoms in total. The summed E-state index contributed by atoms with van der Waals surface area (Å²) in [6.07, 6.45) is 0.865. The molecule has 0 atom stereocenters. The van der Waals surface area contributed by atoms with Crippen molar-refractivity contribution in [1.29, 1.82) is 0 Å². The van der Waals surface area contributed by atoms with E-state index in [4.69, 9.17) is 14.2 Å². The zero-order valence-corrected chi connectivity index (χ0v) is 18.4. The number of carbonyl (C=O) groups is 2. The van der Waals surface area contributed by atoms with Crippen molar-refractivity contribution < 1.29 is 23.8 Å². The minimum Gasteiger partial charge on any atom is -0.490 e. The van der Waals surface area contributed by atoms with Gasteiger partial charge >= 0.3 is 5.97 Å². The molecule has 0 bridgehead atoms. The summed E-state index contributed by atoms with van der Waals surface area (Å²) < 4.78 is 16.2. The number of fused-ring (bicyclic) bond motifs is 1. The predicted molar refractivity (Wildman–Crippen MR) is 117 cm³/mol. The minimum absolute atomic E-state index is 0.0311. The molecule has 0 aliphatic carbocycles. The van der Waals surface area contributed by atoms with Crippen LogP contribution in [0.3, 0.4) is 0 Å². The van der Waals surface area contributed by atoms with Crippen LogP contribution in [0.4, 0.5) is 0 Å². The molecule has 0 unspecified atom stereocenters. The van der Waals surface area contributed by atoms with Crippen molar-refractivity contribution in [2.75, 3.05) is 33.4 Å². The Bertz CT molecular complexity index is 911. The van der Waals surface area contributed by atoms with Crippen molar-refractivity contribution in [2.24, 2.45) is 0 Å². The third kappa shape index (κ3) is 5.98. The first kappa shape index (κ1) is 22.6. The fraction of sp³-hybridized carbons (Fsp3) is 0.417. The molecule has 1 heterocycles. The van der Waals surface area contributed by atoms with Crippen LogP contribution in [0, 0.1) is 0 Å². The maximum atomic E-state index is 12.5. The van der Waals surface area contributed by atoms with Crippen LogP contribution in [0.5, 0.6) is 11.5 Å². The van der Waals surface area contributed by atoms with E-state index in [-0.39, 0.29) is 11.9 Å². The number of ether oxygens (including phenoxy) is 3. The molecule has 1 N–H and O–H groups in total. The highest BCUT2D eigenvalue weighted by Gasteiger charge is 2.21. The van der Waals surface area contributed by atoms with E-state index in [2.05, 4.69) is 16.3 Å². The topological polar surface area (TPSA) is 77.1 Å². The maximum Gasteiger partial charge on any atom is 0.337 e. The highest BCUT2D eigenvalue weighted by molar-refractivity contribution is 5.89. The van der Waals surface area contributed by atoms with E-state index >= 15 is 0 Å². The summed E-state index contributed by atoms with van der Waals surface area (Å²) in [6.45, 7) is 7.34. The first-order valence-electron chi connectivity index (χ1n) is 10.6. The van der Waals surface area contributed by atoms with Gasteiger partial charge in [0.2, 0.25) is 5.91 Å². The number of rotatable bonds is 9. The summed E-state index contributed by atoms with van der Waals surface area (Å²) >= 11 is 0. The molecule has 0 radical (unpaired) electrons. The standard InChI is InChI=1S/C24H30N2O5/c1-4-30-21-12-19-10-11-26(15-20(19)13-22(21)31-5-2)16-23(27)25-14-17-6-8-18(9-7-17)24(28)29-3/h6-9,12-13H,4-5,10-11,14-16H2,1-3H3,(H,25,27). The molecule has 0 fully saturated rings. The van der Waals surface area contributed by atoms with Crippen molar-refractivity contribution in [2.45, 2.75) is 33.4 Å². The summed E-state index contributed by atoms with van der Waals surface area (Å²) in [5, 5.41) is 2.95. The van der Waals surface area contributed by atoms with Gasteiger partial charge in [0, 0.05) is 19.6 Å². The van der Waals surface area contributed by atoms with E-state index in [1.54, 1.807) is 12.1 Å². The van der Waals surface area contributed by atoms with Crippen LogP contribution in [0.15, 0.2) is 36.4 Å². The van der Waals surface area contributed by atoms with E-state index in [1.807, 2.05) is 32.0 Å². The Morgan fingerprint density at radius 2 is 1.65 bits per heavy atom. The Morgan fingerprint density at radius 3 is 2.26 bits per heavy atom. The number of benzene rings is 2. The van der Waals surface area contributed by atoms with Gasteiger partial charge in [0.25, 0.3) is 0 Å². The van der Waals surface area contributed by atoms with Gasteiger partial charge in [-0.1, -0.05) is 12.1 Å². The highest BCUT2D eigenvalue weighted by Crippen LogP contribution is 2.33. The Hall–Kier alpha value is -3.06. The van der Waals surface area contributed by atoms with Crippen LogP contribution < -0.4 is 14.8 Å². The van der Waals surface area contributed by atoms with Crippen molar-refractivity contribution in [3.63, 3.8) is 0 Å². The van der Waals surface area contributed by atoms with Gasteiger partial charge < -0.3 is 19.5 Å². The first-order chi connectivity index (χ1) is 15.0. The minimum atomic E-state index is -0.373. The van der Waals surface area contributed by atoms with E-state index in [0.29, 0.717) is 38.4 Å². The van der Waals surface area contributed by atoms with Crippen LogP contribution in [0.25, 0.3) is 0 Å². The molecular weight excluding hydrogens is 396 g/mol. The summed E-state index contributed by atoms with van der Waals surface area (Å²) in [7, 11) is 1.35. The lowest BCUT2D eigenvalue weighted by Crippen LogP contribution is -2.39. The number of amides is 1. The van der Waals surface area contributed by atoms with Crippen LogP contribution in [-0.4, -0.2) is 50.2 Å². The van der Waals surface area contributed by atoms with E-state index in [0.717, 1.165) is 30.0 Å². The third-order valence-corrected chi connectivity index (χ3v) is 5.19. The van der Waals surface area contributed by atoms with Crippen LogP contribution in [0.2, 0.25) is 0 Å². The number of methoxy groups -OCH3 is 1. The molecule has 2 aromatic carbocycles. The van der Waals surface area contributed by atoms with Crippen molar-refractivity contribution >= 4 is 11.9 Å². The lowest BCUT2D eigenvalue weighted by Gasteiger charge is -2.29. The second kappa shape index (κ2) is 10.8. The number of nitrogens with zero attached hydrogens (tertiary/aromatic N) is 1. The third-order valence-electron chi connectivity index (χ3n) is 5.19. The molecule has 31 heavy (non-hydrogen) atoms. The predicted octanol–water partition coefficient (Wildman–Crippen LogP) is 2.95. The summed E-state index contributed by atoms with van der Waals surface area (Å²) in [4.78, 5) is 26.1. The molecule has 7 heteroatoms. The molecule has 1 aliphatic rings. The lowest BCUT2D eigenvalue weighted by atomic mass is 9.98. The van der Waals surface area contributed by atoms with Crippen LogP contribution in [-0.2, 0) is 29.0 Å². The van der Waals surface area contributed by atoms with Gasteiger partial charge in [-0.05, 0) is 61.2 Å². The average molecular weight is 427 g/mol. The van der Waals surface area contributed by atoms with Gasteiger partial charge in [-0.15, -0.1) is 0 Å². The number of hydrogen-bond acceptors (Lipinski definition) is 6. The van der Waals surface area contributed by atoms with Crippen LogP contribution >= 0.6 is 0 Å². The normalized spacial score (nSPS) is 13.3. The molecule has 3 rings (SSSR count). The molecule has 2 aromatic rings. The van der Waals surface area contributed by atoms with Crippen molar-refractivity contribution in [3.8, 4) is 11.5 Å². The zero-order chi connectivity index (χ0) is 22.2. The number of esters is 1. The van der Waals surface area contributed by atoms with Crippen molar-refractivity contribution in [3.05, 3.63) is 58.7 Å². The quantitative estimate of drug-likeness (QED) is 0.622. The Labute approximate surface area is 183 Å². The SMILES string of the molecule is CCOc1cc2c(cc1OCC)CN(CC(=O)NCc1ccc(C(=O)OC)cc1)CC2. The lowest BCUT2D eigenvalue weighted by molar-refractivity contribution is -0.122. The smallest absolute Gasteiger partial charge is 0.337 e. The summed E-state index contributed by atoms with van der Waals surface area (Å²) in [5.41, 5.74) is 3.83. The maximum absolute atomic E-state index is 12.5. The fourth-order valence-electron chi connectivity index (χ4n) is 3.63. The van der Waals surface area contributed by atoms with Gasteiger partial charge in [-0.25, -0.2) is 4.79 Å². The molecule has 0 saturated heterocycles. The second-order valence-electron chi connectivity index (χ2n) is 7.36. The number of hydrogen-bond donors (Lipinski definition) is 1. The average Bonchev–Trinajstić information content (AvgIpc) is 2.78. The van der Waals surface area contributed by atoms with E-state index in [1.165, 1.54) is 18.2 Å².